The molecule has 0 aliphatic carbocycles. The maximum Gasteiger partial charge on any atom is 0.408 e. The van der Waals surface area contributed by atoms with Gasteiger partial charge >= 0.3 is 6.09 Å². The largest absolute Gasteiger partial charge is 0.493 e. The number of nitrogens with two attached hydrogens (primary N) is 1. The first-order chi connectivity index (χ1) is 19.1. The molecule has 0 aliphatic heterocycles. The fraction of sp³-hybridized carbons (Fsp3) is 0.310. The molecule has 1 atom stereocenters. The fourth-order valence-electron chi connectivity index (χ4n) is 3.85. The Bertz CT molecular complexity index is 1300. The third kappa shape index (κ3) is 9.78. The zero-order valence-electron chi connectivity index (χ0n) is 22.0. The van der Waals surface area contributed by atoms with Gasteiger partial charge < -0.3 is 25.0 Å². The van der Waals surface area contributed by atoms with Crippen LogP contribution in [0, 0.1) is 0 Å². The summed E-state index contributed by atoms with van der Waals surface area (Å²) in [7, 11) is 0. The van der Waals surface area contributed by atoms with E-state index < -0.39 is 17.9 Å². The molecule has 1 unspecified atom stereocenters. The minimum Gasteiger partial charge on any atom is -0.493 e. The van der Waals surface area contributed by atoms with Gasteiger partial charge in [0.15, 0.2) is 0 Å². The number of thiophene rings is 1. The molecular weight excluding hydrogens is 552 g/mol. The zero-order chi connectivity index (χ0) is 27.3. The van der Waals surface area contributed by atoms with Crippen LogP contribution in [0.2, 0.25) is 0 Å². The molecule has 9 nitrogen and oxygen atoms in total. The molecule has 2 aromatic carbocycles. The summed E-state index contributed by atoms with van der Waals surface area (Å²) in [4.78, 5) is 29.8. The van der Waals surface area contributed by atoms with E-state index in [2.05, 4.69) is 32.3 Å². The van der Waals surface area contributed by atoms with Crippen molar-refractivity contribution < 1.29 is 23.6 Å². The number of amides is 1. The lowest BCUT2D eigenvalue weighted by atomic mass is 10.0. The molecule has 11 heteroatoms. The zero-order valence-corrected chi connectivity index (χ0v) is 23.6. The van der Waals surface area contributed by atoms with Gasteiger partial charge in [0, 0.05) is 6.42 Å². The number of nitrogens with zero attached hydrogens (tertiary/aromatic N) is 2. The summed E-state index contributed by atoms with van der Waals surface area (Å²) in [6.07, 6.45) is 2.28. The molecule has 4 rings (SSSR count). The summed E-state index contributed by atoms with van der Waals surface area (Å²) in [6.45, 7) is 1.19. The van der Waals surface area contributed by atoms with E-state index in [1.807, 2.05) is 54.6 Å². The van der Waals surface area contributed by atoms with Crippen LogP contribution in [-0.2, 0) is 24.2 Å². The first-order valence-corrected chi connectivity index (χ1v) is 13.8. The second-order valence-electron chi connectivity index (χ2n) is 8.97. The van der Waals surface area contributed by atoms with Crippen molar-refractivity contribution in [1.82, 2.24) is 15.5 Å². The molecule has 0 saturated carbocycles. The van der Waals surface area contributed by atoms with E-state index in [4.69, 9.17) is 19.7 Å². The van der Waals surface area contributed by atoms with Crippen molar-refractivity contribution >= 4 is 35.6 Å². The molecule has 40 heavy (non-hydrogen) atoms. The van der Waals surface area contributed by atoms with Crippen molar-refractivity contribution in [1.29, 1.82) is 0 Å². The van der Waals surface area contributed by atoms with Crippen LogP contribution in [0.15, 0.2) is 75.9 Å². The number of alkyl carbamates (subject to hydrolysis) is 1. The number of Topliss-reactive ketones (excluding diaryl/α,β-unsaturated/α-hetero) is 1. The van der Waals surface area contributed by atoms with Gasteiger partial charge in [0.1, 0.15) is 12.4 Å². The quantitative estimate of drug-likeness (QED) is 0.141. The smallest absolute Gasteiger partial charge is 0.408 e. The molecule has 2 heterocycles. The van der Waals surface area contributed by atoms with Crippen LogP contribution in [0.5, 0.6) is 5.75 Å². The van der Waals surface area contributed by atoms with Gasteiger partial charge in [-0.3, -0.25) is 4.79 Å². The van der Waals surface area contributed by atoms with Crippen LogP contribution in [0.3, 0.4) is 0 Å². The second kappa shape index (κ2) is 16.4. The summed E-state index contributed by atoms with van der Waals surface area (Å²) in [5, 5.41) is 10.7. The Balaban J connectivity index is 0.00000441. The lowest BCUT2D eigenvalue weighted by molar-refractivity contribution is 0.0896. The number of aromatic nitrogens is 2. The van der Waals surface area contributed by atoms with Crippen molar-refractivity contribution in [2.45, 2.75) is 44.8 Å². The van der Waals surface area contributed by atoms with Crippen LogP contribution in [0.1, 0.15) is 52.5 Å². The number of nitrogens with one attached hydrogen (secondary N) is 1. The summed E-state index contributed by atoms with van der Waals surface area (Å²) in [5.41, 5.74) is 8.65. The molecule has 2 aromatic heterocycles. The van der Waals surface area contributed by atoms with Crippen molar-refractivity contribution in [2.75, 3.05) is 13.2 Å². The van der Waals surface area contributed by atoms with Gasteiger partial charge in [-0.15, -0.1) is 12.4 Å². The average molecular weight is 585 g/mol. The van der Waals surface area contributed by atoms with Crippen LogP contribution < -0.4 is 15.8 Å². The Hall–Kier alpha value is -3.73. The van der Waals surface area contributed by atoms with E-state index >= 15 is 0 Å². The molecule has 212 valence electrons. The molecule has 3 N–H and O–H groups in total. The van der Waals surface area contributed by atoms with Crippen LogP contribution >= 0.6 is 23.7 Å². The Morgan fingerprint density at radius 2 is 1.80 bits per heavy atom. The molecular formula is C29H33ClN4O5S. The average Bonchev–Trinajstić information content (AvgIpc) is 3.65. The Morgan fingerprint density at radius 1 is 1.00 bits per heavy atom. The summed E-state index contributed by atoms with van der Waals surface area (Å²) in [5.74, 6) is 0.560. The maximum atomic E-state index is 13.1. The predicted molar refractivity (Wildman–Crippen MR) is 155 cm³/mol. The van der Waals surface area contributed by atoms with Crippen LogP contribution in [0.25, 0.3) is 0 Å². The highest BCUT2D eigenvalue weighted by Gasteiger charge is 2.27. The number of rotatable bonds is 15. The Kier molecular flexibility index (Phi) is 12.6. The van der Waals surface area contributed by atoms with E-state index in [0.29, 0.717) is 38.3 Å². The van der Waals surface area contributed by atoms with Crippen molar-refractivity contribution in [3.05, 3.63) is 99.8 Å². The number of ketones is 1. The number of hydrogen-bond acceptors (Lipinski definition) is 9. The molecule has 0 spiro atoms. The van der Waals surface area contributed by atoms with E-state index in [0.717, 1.165) is 29.7 Å². The lowest BCUT2D eigenvalue weighted by Crippen LogP contribution is -2.41. The predicted octanol–water partition coefficient (Wildman–Crippen LogP) is 5.37. The molecule has 4 aromatic rings. The van der Waals surface area contributed by atoms with Gasteiger partial charge in [-0.25, -0.2) is 4.79 Å². The normalized spacial score (nSPS) is 11.3. The lowest BCUT2D eigenvalue weighted by Gasteiger charge is -2.16. The summed E-state index contributed by atoms with van der Waals surface area (Å²) in [6, 6.07) is 18.2. The highest BCUT2D eigenvalue weighted by atomic mass is 35.5. The fourth-order valence-corrected chi connectivity index (χ4v) is 4.55. The Labute approximate surface area is 243 Å². The van der Waals surface area contributed by atoms with Crippen molar-refractivity contribution in [2.24, 2.45) is 5.73 Å². The molecule has 0 radical (unpaired) electrons. The maximum absolute atomic E-state index is 13.1. The van der Waals surface area contributed by atoms with E-state index in [1.54, 1.807) is 11.3 Å². The SMILES string of the molecule is Cl.NCCCCC(NC(=O)OCc1ccccc1)C(=O)c1noc(Cc2ccc(OCCc3ccsc3)cc2)n1. The van der Waals surface area contributed by atoms with Gasteiger partial charge in [-0.2, -0.15) is 16.3 Å². The molecule has 0 fully saturated rings. The Morgan fingerprint density at radius 3 is 2.52 bits per heavy atom. The van der Waals surface area contributed by atoms with Crippen molar-refractivity contribution in [3.8, 4) is 5.75 Å². The van der Waals surface area contributed by atoms with Gasteiger partial charge in [-0.1, -0.05) is 47.6 Å². The number of benzene rings is 2. The molecule has 1 amide bonds. The topological polar surface area (TPSA) is 130 Å². The summed E-state index contributed by atoms with van der Waals surface area (Å²) >= 11 is 1.68. The molecule has 0 bridgehead atoms. The number of hydrogen-bond donors (Lipinski definition) is 2. The van der Waals surface area contributed by atoms with Gasteiger partial charge in [0.2, 0.25) is 17.5 Å². The number of carbonyl (C=O) groups excluding carboxylic acids is 2. The van der Waals surface area contributed by atoms with Crippen molar-refractivity contribution in [3.63, 3.8) is 0 Å². The van der Waals surface area contributed by atoms with E-state index in [9.17, 15) is 9.59 Å². The van der Waals surface area contributed by atoms with Gasteiger partial charge in [0.05, 0.1) is 19.1 Å². The highest BCUT2D eigenvalue weighted by molar-refractivity contribution is 7.07. The van der Waals surface area contributed by atoms with Crippen LogP contribution in [-0.4, -0.2) is 41.2 Å². The first-order valence-electron chi connectivity index (χ1n) is 12.9. The van der Waals surface area contributed by atoms with Gasteiger partial charge in [0.25, 0.3) is 0 Å². The van der Waals surface area contributed by atoms with E-state index in [1.165, 1.54) is 5.56 Å². The molecule has 0 saturated heterocycles. The number of unbranched alkanes of at least 4 members (excludes halogenated alkanes) is 1. The monoisotopic (exact) mass is 584 g/mol. The minimum absolute atomic E-state index is 0. The van der Waals surface area contributed by atoms with Gasteiger partial charge in [-0.05, 0) is 71.5 Å². The first kappa shape index (κ1) is 30.8. The number of carbonyl (C=O) groups is 2. The standard InChI is InChI=1S/C29H32N4O5S.ClH/c30-15-5-4-8-25(31-29(35)37-19-22-6-2-1-3-7-22)27(34)28-32-26(38-33-28)18-21-9-11-24(12-10-21)36-16-13-23-14-17-39-20-23;/h1-3,6-7,9-12,14,17,20,25H,4-5,8,13,15-16,18-19,30H2,(H,31,35);1H. The minimum atomic E-state index is -0.851. The molecule has 0 aliphatic rings. The third-order valence-electron chi connectivity index (χ3n) is 5.97. The van der Waals surface area contributed by atoms with E-state index in [-0.39, 0.29) is 24.8 Å². The highest BCUT2D eigenvalue weighted by Crippen LogP contribution is 2.16. The van der Waals surface area contributed by atoms with Crippen LogP contribution in [0.4, 0.5) is 4.79 Å². The second-order valence-corrected chi connectivity index (χ2v) is 9.75. The number of ether oxygens (including phenoxy) is 2. The third-order valence-corrected chi connectivity index (χ3v) is 6.71. The summed E-state index contributed by atoms with van der Waals surface area (Å²) < 4.78 is 16.4. The number of halogens is 1.